The Morgan fingerprint density at radius 1 is 1.45 bits per heavy atom. The molecular weight excluding hydrogens is 282 g/mol. The topological polar surface area (TPSA) is 86.7 Å². The Morgan fingerprint density at radius 2 is 2.20 bits per heavy atom. The molecule has 0 atom stereocenters. The zero-order chi connectivity index (χ0) is 14.7. The second-order valence-corrected chi connectivity index (χ2v) is 4.68. The highest BCUT2D eigenvalue weighted by Gasteiger charge is 2.22. The van der Waals surface area contributed by atoms with Gasteiger partial charge < -0.3 is 4.57 Å². The Labute approximate surface area is 120 Å². The number of rotatable bonds is 5. The van der Waals surface area contributed by atoms with E-state index < -0.39 is 4.92 Å². The van der Waals surface area contributed by atoms with Gasteiger partial charge in [0.1, 0.15) is 17.2 Å². The summed E-state index contributed by atoms with van der Waals surface area (Å²) in [5, 5.41) is 11.2. The first-order valence-electron chi connectivity index (χ1n) is 6.20. The van der Waals surface area contributed by atoms with Crippen LogP contribution in [-0.4, -0.2) is 24.4 Å². The van der Waals surface area contributed by atoms with Gasteiger partial charge in [0.2, 0.25) is 5.28 Å². The number of hydrogen-bond donors (Lipinski definition) is 0. The zero-order valence-electron chi connectivity index (χ0n) is 11.2. The largest absolute Gasteiger partial charge is 0.335 e. The summed E-state index contributed by atoms with van der Waals surface area (Å²) in [7, 11) is 0. The number of nitrogens with zero attached hydrogens (tertiary/aromatic N) is 5. The Balaban J connectivity index is 2.42. The lowest BCUT2D eigenvalue weighted by molar-refractivity contribution is -0.386. The highest BCUT2D eigenvalue weighted by molar-refractivity contribution is 6.28. The molecule has 0 aliphatic rings. The van der Waals surface area contributed by atoms with Crippen LogP contribution in [-0.2, 0) is 13.0 Å². The van der Waals surface area contributed by atoms with E-state index in [4.69, 9.17) is 11.6 Å². The molecule has 106 valence electrons. The predicted octanol–water partition coefficient (Wildman–Crippen LogP) is 2.54. The van der Waals surface area contributed by atoms with E-state index in [1.807, 2.05) is 10.8 Å². The molecule has 2 heterocycles. The van der Waals surface area contributed by atoms with Crippen molar-refractivity contribution < 1.29 is 4.92 Å². The van der Waals surface area contributed by atoms with Crippen LogP contribution in [0, 0.1) is 17.0 Å². The molecule has 0 aliphatic carbocycles. The minimum absolute atomic E-state index is 0.0108. The molecule has 2 rings (SSSR count). The van der Waals surface area contributed by atoms with Crippen LogP contribution in [0.3, 0.4) is 0 Å². The minimum Gasteiger partial charge on any atom is -0.335 e. The first-order chi connectivity index (χ1) is 9.52. The maximum Gasteiger partial charge on any atom is 0.312 e. The molecule has 0 saturated heterocycles. The standard InChI is InChI=1S/C12H14ClN5O2/c1-3-5-17-6-4-14-10(17)7-9-11(18(19)20)8(2)15-12(13)16-9/h4,6H,3,5,7H2,1-2H3. The molecule has 0 amide bonds. The summed E-state index contributed by atoms with van der Waals surface area (Å²) >= 11 is 5.80. The highest BCUT2D eigenvalue weighted by Crippen LogP contribution is 2.24. The zero-order valence-corrected chi connectivity index (χ0v) is 12.0. The van der Waals surface area contributed by atoms with Crippen LogP contribution in [0.1, 0.15) is 30.6 Å². The van der Waals surface area contributed by atoms with Crippen LogP contribution in [0.15, 0.2) is 12.4 Å². The molecule has 0 spiro atoms. The Bertz CT molecular complexity index is 641. The van der Waals surface area contributed by atoms with Crippen molar-refractivity contribution in [3.05, 3.63) is 45.0 Å². The van der Waals surface area contributed by atoms with Gasteiger partial charge >= 0.3 is 5.69 Å². The third-order valence-corrected chi connectivity index (χ3v) is 3.05. The van der Waals surface area contributed by atoms with Crippen LogP contribution in [0.5, 0.6) is 0 Å². The van der Waals surface area contributed by atoms with Gasteiger partial charge in [-0.05, 0) is 24.9 Å². The van der Waals surface area contributed by atoms with E-state index in [-0.39, 0.29) is 28.8 Å². The number of aryl methyl sites for hydroxylation is 2. The fraction of sp³-hybridized carbons (Fsp3) is 0.417. The van der Waals surface area contributed by atoms with E-state index in [2.05, 4.69) is 21.9 Å². The highest BCUT2D eigenvalue weighted by atomic mass is 35.5. The average Bonchev–Trinajstić information content (AvgIpc) is 2.75. The lowest BCUT2D eigenvalue weighted by atomic mass is 10.2. The molecule has 0 radical (unpaired) electrons. The van der Waals surface area contributed by atoms with E-state index in [0.29, 0.717) is 0 Å². The molecule has 20 heavy (non-hydrogen) atoms. The molecule has 2 aromatic heterocycles. The molecule has 0 fully saturated rings. The molecule has 0 saturated carbocycles. The maximum atomic E-state index is 11.1. The normalized spacial score (nSPS) is 10.8. The van der Waals surface area contributed by atoms with E-state index in [0.717, 1.165) is 18.8 Å². The molecule has 0 aliphatic heterocycles. The van der Waals surface area contributed by atoms with E-state index in [9.17, 15) is 10.1 Å². The van der Waals surface area contributed by atoms with Gasteiger partial charge in [0.25, 0.3) is 0 Å². The first kappa shape index (κ1) is 14.4. The quantitative estimate of drug-likeness (QED) is 0.480. The van der Waals surface area contributed by atoms with Crippen molar-refractivity contribution in [2.24, 2.45) is 0 Å². The summed E-state index contributed by atoms with van der Waals surface area (Å²) < 4.78 is 1.95. The monoisotopic (exact) mass is 295 g/mol. The van der Waals surface area contributed by atoms with Gasteiger partial charge in [0, 0.05) is 18.9 Å². The number of hydrogen-bond acceptors (Lipinski definition) is 5. The smallest absolute Gasteiger partial charge is 0.312 e. The third kappa shape index (κ3) is 2.93. The maximum absolute atomic E-state index is 11.1. The van der Waals surface area contributed by atoms with Gasteiger partial charge in [-0.25, -0.2) is 15.0 Å². The van der Waals surface area contributed by atoms with Crippen LogP contribution in [0.25, 0.3) is 0 Å². The first-order valence-corrected chi connectivity index (χ1v) is 6.58. The van der Waals surface area contributed by atoms with Crippen molar-refractivity contribution in [3.63, 3.8) is 0 Å². The lowest BCUT2D eigenvalue weighted by Gasteiger charge is -2.07. The molecule has 8 heteroatoms. The Hall–Kier alpha value is -2.02. The van der Waals surface area contributed by atoms with Crippen molar-refractivity contribution in [1.29, 1.82) is 0 Å². The fourth-order valence-corrected chi connectivity index (χ4v) is 2.28. The molecule has 0 bridgehead atoms. The fourth-order valence-electron chi connectivity index (χ4n) is 2.05. The van der Waals surface area contributed by atoms with Crippen molar-refractivity contribution in [2.75, 3.05) is 0 Å². The number of aromatic nitrogens is 4. The number of halogens is 1. The summed E-state index contributed by atoms with van der Waals surface area (Å²) in [6.07, 6.45) is 4.73. The Kier molecular flexibility index (Phi) is 4.29. The summed E-state index contributed by atoms with van der Waals surface area (Å²) in [5.74, 6) is 0.726. The Morgan fingerprint density at radius 3 is 2.85 bits per heavy atom. The second kappa shape index (κ2) is 5.96. The predicted molar refractivity (Wildman–Crippen MR) is 73.8 cm³/mol. The molecule has 7 nitrogen and oxygen atoms in total. The van der Waals surface area contributed by atoms with E-state index >= 15 is 0 Å². The van der Waals surface area contributed by atoms with Crippen LogP contribution < -0.4 is 0 Å². The second-order valence-electron chi connectivity index (χ2n) is 4.34. The van der Waals surface area contributed by atoms with Crippen LogP contribution in [0.4, 0.5) is 5.69 Å². The minimum atomic E-state index is -0.478. The summed E-state index contributed by atoms with van der Waals surface area (Å²) in [5.41, 5.74) is 0.454. The van der Waals surface area contributed by atoms with Crippen LogP contribution in [0.2, 0.25) is 5.28 Å². The SMILES string of the molecule is CCCn1ccnc1Cc1nc(Cl)nc(C)c1[N+](=O)[O-]. The van der Waals surface area contributed by atoms with Gasteiger partial charge in [0.15, 0.2) is 0 Å². The number of imidazole rings is 1. The van der Waals surface area contributed by atoms with Crippen molar-refractivity contribution in [3.8, 4) is 0 Å². The van der Waals surface area contributed by atoms with Crippen molar-refractivity contribution in [1.82, 2.24) is 19.5 Å². The lowest BCUT2D eigenvalue weighted by Crippen LogP contribution is -2.09. The molecule has 0 aromatic carbocycles. The molecule has 0 N–H and O–H groups in total. The van der Waals surface area contributed by atoms with Crippen molar-refractivity contribution in [2.45, 2.75) is 33.2 Å². The molecule has 2 aromatic rings. The molecular formula is C12H14ClN5O2. The van der Waals surface area contributed by atoms with Gasteiger partial charge in [-0.15, -0.1) is 0 Å². The number of nitro groups is 1. The van der Waals surface area contributed by atoms with Gasteiger partial charge in [-0.1, -0.05) is 6.92 Å². The van der Waals surface area contributed by atoms with Gasteiger partial charge in [-0.2, -0.15) is 0 Å². The van der Waals surface area contributed by atoms with Gasteiger partial charge in [-0.3, -0.25) is 10.1 Å². The molecule has 0 unspecified atom stereocenters. The third-order valence-electron chi connectivity index (χ3n) is 2.88. The summed E-state index contributed by atoms with van der Waals surface area (Å²) in [6, 6.07) is 0. The van der Waals surface area contributed by atoms with Crippen molar-refractivity contribution >= 4 is 17.3 Å². The van der Waals surface area contributed by atoms with E-state index in [1.54, 1.807) is 13.1 Å². The summed E-state index contributed by atoms with van der Waals surface area (Å²) in [6.45, 7) is 4.41. The van der Waals surface area contributed by atoms with Gasteiger partial charge in [0.05, 0.1) is 11.3 Å². The average molecular weight is 296 g/mol. The van der Waals surface area contributed by atoms with Crippen LogP contribution >= 0.6 is 11.6 Å². The van der Waals surface area contributed by atoms with E-state index in [1.165, 1.54) is 0 Å². The summed E-state index contributed by atoms with van der Waals surface area (Å²) in [4.78, 5) is 22.7.